The van der Waals surface area contributed by atoms with Gasteiger partial charge in [0.25, 0.3) is 0 Å². The van der Waals surface area contributed by atoms with Crippen LogP contribution in [0.15, 0.2) is 12.2 Å². The Balaban J connectivity index is 1.45. The Labute approximate surface area is 227 Å². The second-order valence-corrected chi connectivity index (χ2v) is 14.7. The van der Waals surface area contributed by atoms with Crippen molar-refractivity contribution in [2.75, 3.05) is 7.11 Å². The van der Waals surface area contributed by atoms with Crippen LogP contribution in [0.4, 0.5) is 0 Å². The number of aliphatic hydroxyl groups is 2. The summed E-state index contributed by atoms with van der Waals surface area (Å²) in [6.45, 7) is 10.3. The van der Waals surface area contributed by atoms with Gasteiger partial charge >= 0.3 is 5.97 Å². The van der Waals surface area contributed by atoms with Crippen LogP contribution in [0, 0.1) is 50.7 Å². The Kier molecular flexibility index (Phi) is 6.59. The van der Waals surface area contributed by atoms with E-state index in [9.17, 15) is 19.8 Å². The van der Waals surface area contributed by atoms with Gasteiger partial charge in [-0.3, -0.25) is 10.1 Å². The first kappa shape index (κ1) is 28.3. The second kappa shape index (κ2) is 8.86. The molecule has 0 aromatic rings. The predicted octanol–water partition coefficient (Wildman–Crippen LogP) is 4.94. The Bertz CT molecular complexity index is 1010. The number of aldehydes is 1. The zero-order valence-corrected chi connectivity index (χ0v) is 24.0. The largest absolute Gasteiger partial charge is 0.469 e. The maximum Gasteiger partial charge on any atom is 0.314 e. The summed E-state index contributed by atoms with van der Waals surface area (Å²) >= 11 is 0. The van der Waals surface area contributed by atoms with Crippen molar-refractivity contribution in [3.05, 3.63) is 12.2 Å². The summed E-state index contributed by atoms with van der Waals surface area (Å²) in [7, 11) is 1.40. The number of carbonyl (C=O) groups excluding carboxylic acids is 2. The standard InChI is InChI=1S/C31H48O7/c1-26(2,38-36)12-7-8-19(17-32)20-11-13-28(4)21-9-10-22-29(5,25(35)37-6)23(33)16-24(34)31(22)18-30(21,31)15-14-27(20,28)3/h7,12,17,19-24,33-34,36H,8-11,13-16,18H2,1-6H3/b12-7+/t19?,20-,21+,22+,23+,24+,27-,28+,29?,30+,31-/m1/s1. The van der Waals surface area contributed by atoms with E-state index in [-0.39, 0.29) is 51.8 Å². The zero-order valence-electron chi connectivity index (χ0n) is 24.0. The molecule has 5 aliphatic rings. The Hall–Kier alpha value is -1.28. The van der Waals surface area contributed by atoms with Gasteiger partial charge in [0.2, 0.25) is 0 Å². The minimum absolute atomic E-state index is 0.00668. The van der Waals surface area contributed by atoms with E-state index in [4.69, 9.17) is 9.99 Å². The first-order chi connectivity index (χ1) is 17.7. The Morgan fingerprint density at radius 2 is 1.71 bits per heavy atom. The van der Waals surface area contributed by atoms with Crippen LogP contribution in [-0.4, -0.2) is 52.6 Å². The number of esters is 1. The van der Waals surface area contributed by atoms with Crippen molar-refractivity contribution in [3.63, 3.8) is 0 Å². The van der Waals surface area contributed by atoms with Gasteiger partial charge in [0.15, 0.2) is 0 Å². The van der Waals surface area contributed by atoms with Crippen molar-refractivity contribution in [3.8, 4) is 0 Å². The molecule has 5 fully saturated rings. The average Bonchev–Trinajstić information content (AvgIpc) is 3.50. The number of ether oxygens (including phenoxy) is 1. The van der Waals surface area contributed by atoms with E-state index < -0.39 is 23.2 Å². The first-order valence-corrected chi connectivity index (χ1v) is 14.6. The summed E-state index contributed by atoms with van der Waals surface area (Å²) in [5.74, 6) is 0.158. The lowest BCUT2D eigenvalue weighted by Gasteiger charge is -2.63. The summed E-state index contributed by atoms with van der Waals surface area (Å²) in [6.07, 6.45) is 11.0. The zero-order chi connectivity index (χ0) is 27.9. The Morgan fingerprint density at radius 1 is 1.03 bits per heavy atom. The molecule has 5 aliphatic carbocycles. The molecule has 214 valence electrons. The fourth-order valence-corrected chi connectivity index (χ4v) is 11.1. The van der Waals surface area contributed by atoms with E-state index >= 15 is 0 Å². The number of aliphatic hydroxyl groups excluding tert-OH is 2. The van der Waals surface area contributed by atoms with Crippen LogP contribution in [0.2, 0.25) is 0 Å². The molecule has 0 aromatic carbocycles. The van der Waals surface area contributed by atoms with Gasteiger partial charge in [-0.15, -0.1) is 0 Å². The molecule has 0 aliphatic heterocycles. The quantitative estimate of drug-likeness (QED) is 0.140. The maximum absolute atomic E-state index is 13.1. The molecule has 0 aromatic heterocycles. The van der Waals surface area contributed by atoms with Gasteiger partial charge in [-0.2, -0.15) is 0 Å². The highest BCUT2D eigenvalue weighted by Gasteiger charge is 2.85. The summed E-state index contributed by atoms with van der Waals surface area (Å²) in [6, 6.07) is 0. The average molecular weight is 533 g/mol. The molecule has 38 heavy (non-hydrogen) atoms. The number of allylic oxidation sites excluding steroid dienone is 1. The number of hydrogen-bond donors (Lipinski definition) is 3. The smallest absolute Gasteiger partial charge is 0.314 e. The maximum atomic E-state index is 13.1. The van der Waals surface area contributed by atoms with Gasteiger partial charge < -0.3 is 19.7 Å². The summed E-state index contributed by atoms with van der Waals surface area (Å²) in [4.78, 5) is 30.0. The highest BCUT2D eigenvalue weighted by Crippen LogP contribution is 2.89. The molecule has 0 bridgehead atoms. The Morgan fingerprint density at radius 3 is 2.34 bits per heavy atom. The molecule has 5 saturated carbocycles. The highest BCUT2D eigenvalue weighted by molar-refractivity contribution is 5.78. The van der Waals surface area contributed by atoms with Crippen molar-refractivity contribution in [1.82, 2.24) is 0 Å². The van der Waals surface area contributed by atoms with E-state index in [2.05, 4.69) is 18.7 Å². The number of methoxy groups -OCH3 is 1. The third kappa shape index (κ3) is 3.34. The molecule has 7 nitrogen and oxygen atoms in total. The lowest BCUT2D eigenvalue weighted by Crippen LogP contribution is -2.63. The third-order valence-corrected chi connectivity index (χ3v) is 13.3. The third-order valence-electron chi connectivity index (χ3n) is 13.3. The predicted molar refractivity (Wildman–Crippen MR) is 142 cm³/mol. The van der Waals surface area contributed by atoms with E-state index in [1.807, 2.05) is 19.1 Å². The van der Waals surface area contributed by atoms with Crippen LogP contribution in [0.5, 0.6) is 0 Å². The lowest BCUT2D eigenvalue weighted by molar-refractivity contribution is -0.297. The molecule has 0 radical (unpaired) electrons. The topological polar surface area (TPSA) is 113 Å². The van der Waals surface area contributed by atoms with Crippen molar-refractivity contribution < 1.29 is 34.7 Å². The van der Waals surface area contributed by atoms with E-state index in [0.717, 1.165) is 51.2 Å². The highest BCUT2D eigenvalue weighted by atomic mass is 17.1. The van der Waals surface area contributed by atoms with Gasteiger partial charge in [0.1, 0.15) is 11.9 Å². The van der Waals surface area contributed by atoms with E-state index in [0.29, 0.717) is 12.3 Å². The van der Waals surface area contributed by atoms with Crippen LogP contribution >= 0.6 is 0 Å². The van der Waals surface area contributed by atoms with E-state index in [1.165, 1.54) is 7.11 Å². The molecule has 7 heteroatoms. The molecular weight excluding hydrogens is 484 g/mol. The molecule has 11 atom stereocenters. The minimum Gasteiger partial charge on any atom is -0.469 e. The molecule has 5 rings (SSSR count). The molecule has 2 spiro atoms. The second-order valence-electron chi connectivity index (χ2n) is 14.7. The molecule has 0 heterocycles. The van der Waals surface area contributed by atoms with Crippen LogP contribution in [0.3, 0.4) is 0 Å². The molecule has 2 unspecified atom stereocenters. The normalized spacial score (nSPS) is 50.4. The lowest BCUT2D eigenvalue weighted by atomic mass is 9.41. The van der Waals surface area contributed by atoms with Crippen molar-refractivity contribution >= 4 is 12.3 Å². The molecule has 0 saturated heterocycles. The fourth-order valence-electron chi connectivity index (χ4n) is 11.1. The molecule has 3 N–H and O–H groups in total. The molecule has 0 amide bonds. The number of carbonyl (C=O) groups is 2. The fraction of sp³-hybridized carbons (Fsp3) is 0.871. The monoisotopic (exact) mass is 532 g/mol. The number of rotatable bonds is 7. The number of hydrogen-bond acceptors (Lipinski definition) is 7. The summed E-state index contributed by atoms with van der Waals surface area (Å²) in [5, 5.41) is 31.7. The van der Waals surface area contributed by atoms with Gasteiger partial charge in [-0.05, 0) is 106 Å². The summed E-state index contributed by atoms with van der Waals surface area (Å²) in [5.41, 5.74) is -2.10. The van der Waals surface area contributed by atoms with Crippen molar-refractivity contribution in [1.29, 1.82) is 0 Å². The minimum atomic E-state index is -0.997. The first-order valence-electron chi connectivity index (χ1n) is 14.6. The summed E-state index contributed by atoms with van der Waals surface area (Å²) < 4.78 is 5.22. The number of fused-ring (bicyclic) bond motifs is 2. The van der Waals surface area contributed by atoms with E-state index in [1.54, 1.807) is 13.8 Å². The van der Waals surface area contributed by atoms with Crippen LogP contribution in [0.1, 0.15) is 92.4 Å². The van der Waals surface area contributed by atoms with Crippen LogP contribution in [-0.2, 0) is 19.2 Å². The van der Waals surface area contributed by atoms with Crippen LogP contribution < -0.4 is 0 Å². The van der Waals surface area contributed by atoms with Gasteiger partial charge in [0.05, 0.1) is 24.7 Å². The van der Waals surface area contributed by atoms with Gasteiger partial charge in [-0.1, -0.05) is 26.0 Å². The van der Waals surface area contributed by atoms with Gasteiger partial charge in [-0.25, -0.2) is 4.89 Å². The SMILES string of the molecule is COC(=O)C1(C)[C@@H](O)C[C@H](O)[C@]23C[C@]24CC[C@]2(C)[C@@H](C(C=O)C/C=C/C(C)(C)OO)CC[C@@]2(C)[C@@H]4CC[C@@H]13. The molecular formula is C31H48O7. The van der Waals surface area contributed by atoms with Crippen molar-refractivity contribution in [2.45, 2.75) is 110 Å². The van der Waals surface area contributed by atoms with Crippen LogP contribution in [0.25, 0.3) is 0 Å². The van der Waals surface area contributed by atoms with Crippen molar-refractivity contribution in [2.24, 2.45) is 50.7 Å². The van der Waals surface area contributed by atoms with Gasteiger partial charge in [0, 0.05) is 17.8 Å².